The number of carbonyl (C=O) groups is 1. The summed E-state index contributed by atoms with van der Waals surface area (Å²) in [6.45, 7) is 3.85. The van der Waals surface area contributed by atoms with E-state index in [9.17, 15) is 4.79 Å². The van der Waals surface area contributed by atoms with Crippen LogP contribution < -0.4 is 4.74 Å². The van der Waals surface area contributed by atoms with Crippen LogP contribution >= 0.6 is 11.6 Å². The van der Waals surface area contributed by atoms with Crippen molar-refractivity contribution in [3.05, 3.63) is 28.3 Å². The lowest BCUT2D eigenvalue weighted by Gasteiger charge is -2.25. The van der Waals surface area contributed by atoms with Crippen LogP contribution in [0.2, 0.25) is 5.02 Å². The van der Waals surface area contributed by atoms with E-state index in [4.69, 9.17) is 25.8 Å². The molecule has 0 aliphatic carbocycles. The van der Waals surface area contributed by atoms with Gasteiger partial charge in [-0.2, -0.15) is 0 Å². The van der Waals surface area contributed by atoms with Gasteiger partial charge in [0.2, 0.25) is 0 Å². The second kappa shape index (κ2) is 7.11. The summed E-state index contributed by atoms with van der Waals surface area (Å²) in [5.41, 5.74) is 1.96. The monoisotopic (exact) mass is 313 g/mol. The normalized spacial score (nSPS) is 15.3. The Morgan fingerprint density at radius 1 is 1.52 bits per heavy atom. The molecule has 1 heterocycles. The molecule has 1 unspecified atom stereocenters. The highest BCUT2D eigenvalue weighted by atomic mass is 35.5. The van der Waals surface area contributed by atoms with E-state index in [2.05, 4.69) is 0 Å². The molecule has 0 amide bonds. The maximum Gasteiger partial charge on any atom is 0.309 e. The van der Waals surface area contributed by atoms with Crippen molar-refractivity contribution >= 4 is 17.6 Å². The van der Waals surface area contributed by atoms with E-state index in [1.807, 2.05) is 31.0 Å². The van der Waals surface area contributed by atoms with Gasteiger partial charge in [0, 0.05) is 29.2 Å². The number of benzene rings is 1. The third-order valence-electron chi connectivity index (χ3n) is 3.38. The molecule has 1 aliphatic heterocycles. The maximum atomic E-state index is 11.5. The summed E-state index contributed by atoms with van der Waals surface area (Å²) in [4.78, 5) is 13.5. The van der Waals surface area contributed by atoms with Crippen molar-refractivity contribution in [1.29, 1.82) is 0 Å². The number of fused-ring (bicyclic) bond motifs is 1. The maximum absolute atomic E-state index is 11.5. The predicted octanol–water partition coefficient (Wildman–Crippen LogP) is 2.45. The Kier molecular flexibility index (Phi) is 5.45. The number of methoxy groups -OCH3 is 1. The molecule has 21 heavy (non-hydrogen) atoms. The highest BCUT2D eigenvalue weighted by Crippen LogP contribution is 2.32. The zero-order valence-electron chi connectivity index (χ0n) is 12.5. The summed E-state index contributed by atoms with van der Waals surface area (Å²) in [6, 6.07) is 3.75. The first kappa shape index (κ1) is 16.1. The molecule has 6 heteroatoms. The first-order valence-electron chi connectivity index (χ1n) is 6.79. The van der Waals surface area contributed by atoms with Crippen LogP contribution in [0, 0.1) is 5.92 Å². The van der Waals surface area contributed by atoms with E-state index in [1.54, 1.807) is 0 Å². The number of rotatable bonds is 5. The average Bonchev–Trinajstić information content (AvgIpc) is 2.45. The number of ether oxygens (including phenoxy) is 3. The molecule has 2 rings (SSSR count). The lowest BCUT2D eigenvalue weighted by molar-refractivity contribution is -0.145. The zero-order valence-corrected chi connectivity index (χ0v) is 13.3. The molecule has 0 saturated carbocycles. The molecule has 116 valence electrons. The summed E-state index contributed by atoms with van der Waals surface area (Å²) in [6.07, 6.45) is 0. The van der Waals surface area contributed by atoms with E-state index in [0.29, 0.717) is 24.7 Å². The molecule has 0 N–H and O–H groups in total. The Balaban J connectivity index is 2.08. The van der Waals surface area contributed by atoms with Crippen LogP contribution in [0.15, 0.2) is 12.1 Å². The standard InChI is InChI=1S/C15H20ClNO4/c1-10(15(18)19-3)6-17(2)7-11-4-13(16)5-12-8-20-9-21-14(11)12/h4-5,10H,6-9H2,1-3H3. The number of hydrogen-bond acceptors (Lipinski definition) is 5. The summed E-state index contributed by atoms with van der Waals surface area (Å²) in [5.74, 6) is 0.446. The third-order valence-corrected chi connectivity index (χ3v) is 3.60. The Morgan fingerprint density at radius 3 is 3.00 bits per heavy atom. The van der Waals surface area contributed by atoms with Crippen molar-refractivity contribution < 1.29 is 19.0 Å². The number of hydrogen-bond donors (Lipinski definition) is 0. The van der Waals surface area contributed by atoms with Crippen LogP contribution in [0.25, 0.3) is 0 Å². The fourth-order valence-electron chi connectivity index (χ4n) is 2.47. The van der Waals surface area contributed by atoms with E-state index in [0.717, 1.165) is 16.9 Å². The summed E-state index contributed by atoms with van der Waals surface area (Å²) in [7, 11) is 3.35. The smallest absolute Gasteiger partial charge is 0.309 e. The van der Waals surface area contributed by atoms with E-state index in [-0.39, 0.29) is 18.7 Å². The molecule has 0 bridgehead atoms. The van der Waals surface area contributed by atoms with Crippen molar-refractivity contribution in [3.63, 3.8) is 0 Å². The lowest BCUT2D eigenvalue weighted by Crippen LogP contribution is -2.29. The van der Waals surface area contributed by atoms with Crippen molar-refractivity contribution in [3.8, 4) is 5.75 Å². The summed E-state index contributed by atoms with van der Waals surface area (Å²) >= 11 is 6.14. The minimum absolute atomic E-state index is 0.181. The molecule has 1 atom stereocenters. The number of halogens is 1. The highest BCUT2D eigenvalue weighted by Gasteiger charge is 2.20. The third kappa shape index (κ3) is 4.09. The molecule has 0 saturated heterocycles. The van der Waals surface area contributed by atoms with Crippen molar-refractivity contribution in [2.45, 2.75) is 20.1 Å². The van der Waals surface area contributed by atoms with Crippen molar-refractivity contribution in [2.75, 3.05) is 27.5 Å². The Morgan fingerprint density at radius 2 is 2.29 bits per heavy atom. The minimum Gasteiger partial charge on any atom is -0.469 e. The van der Waals surface area contributed by atoms with Gasteiger partial charge in [-0.05, 0) is 19.2 Å². The average molecular weight is 314 g/mol. The van der Waals surface area contributed by atoms with Crippen molar-refractivity contribution in [2.24, 2.45) is 5.92 Å². The highest BCUT2D eigenvalue weighted by molar-refractivity contribution is 6.30. The molecular formula is C15H20ClNO4. The fraction of sp³-hybridized carbons (Fsp3) is 0.533. The van der Waals surface area contributed by atoms with Crippen LogP contribution in [0.3, 0.4) is 0 Å². The van der Waals surface area contributed by atoms with Crippen LogP contribution in [0.1, 0.15) is 18.1 Å². The first-order chi connectivity index (χ1) is 10.0. The quantitative estimate of drug-likeness (QED) is 0.781. The van der Waals surface area contributed by atoms with E-state index in [1.165, 1.54) is 7.11 Å². The molecule has 1 aliphatic rings. The van der Waals surface area contributed by atoms with Gasteiger partial charge in [-0.3, -0.25) is 4.79 Å². The van der Waals surface area contributed by atoms with Gasteiger partial charge in [-0.25, -0.2) is 0 Å². The van der Waals surface area contributed by atoms with Gasteiger partial charge < -0.3 is 19.1 Å². The Labute approximate surface area is 129 Å². The fourth-order valence-corrected chi connectivity index (χ4v) is 2.74. The van der Waals surface area contributed by atoms with Gasteiger partial charge >= 0.3 is 5.97 Å². The molecule has 5 nitrogen and oxygen atoms in total. The molecule has 1 aromatic carbocycles. The SMILES string of the molecule is COC(=O)C(C)CN(C)Cc1cc(Cl)cc2c1OCOC2. The zero-order chi connectivity index (χ0) is 15.4. The topological polar surface area (TPSA) is 48.0 Å². The van der Waals surface area contributed by atoms with Crippen LogP contribution in [-0.2, 0) is 27.4 Å². The van der Waals surface area contributed by atoms with Gasteiger partial charge in [-0.15, -0.1) is 0 Å². The minimum atomic E-state index is -0.209. The lowest BCUT2D eigenvalue weighted by atomic mass is 10.1. The van der Waals surface area contributed by atoms with Gasteiger partial charge in [0.25, 0.3) is 0 Å². The van der Waals surface area contributed by atoms with Gasteiger partial charge in [-0.1, -0.05) is 18.5 Å². The van der Waals surface area contributed by atoms with Crippen LogP contribution in [0.5, 0.6) is 5.75 Å². The first-order valence-corrected chi connectivity index (χ1v) is 7.17. The summed E-state index contributed by atoms with van der Waals surface area (Å²) in [5, 5.41) is 0.660. The largest absolute Gasteiger partial charge is 0.469 e. The van der Waals surface area contributed by atoms with E-state index >= 15 is 0 Å². The Bertz CT molecular complexity index is 521. The molecule has 0 aromatic heterocycles. The number of carbonyl (C=O) groups excluding carboxylic acids is 1. The van der Waals surface area contributed by atoms with Gasteiger partial charge in [0.1, 0.15) is 5.75 Å². The van der Waals surface area contributed by atoms with E-state index < -0.39 is 0 Å². The van der Waals surface area contributed by atoms with Gasteiger partial charge in [0.15, 0.2) is 6.79 Å². The number of nitrogens with zero attached hydrogens (tertiary/aromatic N) is 1. The second-order valence-electron chi connectivity index (χ2n) is 5.28. The second-order valence-corrected chi connectivity index (χ2v) is 5.72. The van der Waals surface area contributed by atoms with Crippen LogP contribution in [-0.4, -0.2) is 38.4 Å². The molecule has 0 fully saturated rings. The molecule has 1 aromatic rings. The summed E-state index contributed by atoms with van der Waals surface area (Å²) < 4.78 is 15.6. The Hall–Kier alpha value is -1.30. The molecule has 0 spiro atoms. The van der Waals surface area contributed by atoms with Crippen molar-refractivity contribution in [1.82, 2.24) is 4.90 Å². The predicted molar refractivity (Wildman–Crippen MR) is 79.3 cm³/mol. The molecule has 0 radical (unpaired) electrons. The number of esters is 1. The molecular weight excluding hydrogens is 294 g/mol. The van der Waals surface area contributed by atoms with Gasteiger partial charge in [0.05, 0.1) is 19.6 Å². The van der Waals surface area contributed by atoms with Crippen LogP contribution in [0.4, 0.5) is 0 Å².